The Kier molecular flexibility index (Phi) is 110. The summed E-state index contributed by atoms with van der Waals surface area (Å²) in [4.78, 5) is 0. The molecule has 0 nitrogen and oxygen atoms in total. The first-order chi connectivity index (χ1) is 0. The average Bonchev–Trinajstić information content (AvgIpc) is 0. The van der Waals surface area contributed by atoms with Crippen molar-refractivity contribution in [2.24, 2.45) is 0 Å². The van der Waals surface area contributed by atoms with E-state index in [1.807, 2.05) is 0 Å². The van der Waals surface area contributed by atoms with Crippen molar-refractivity contribution in [2.75, 3.05) is 0 Å². The summed E-state index contributed by atoms with van der Waals surface area (Å²) in [6.07, 6.45) is 0. The van der Waals surface area contributed by atoms with E-state index in [1.54, 1.807) is 0 Å². The first kappa shape index (κ1) is 26.9. The first-order valence-corrected chi connectivity index (χ1v) is 0. The zero-order chi connectivity index (χ0) is 0. The molecule has 0 aliphatic heterocycles. The molecule has 0 aliphatic rings. The minimum absolute atomic E-state index is 0. The molecule has 0 amide bonds. The molecule has 0 unspecified atom stereocenters. The van der Waals surface area contributed by atoms with E-state index >= 15 is 0 Å². The molecule has 0 rings (SSSR count). The fourth-order valence-corrected chi connectivity index (χ4v) is 0. The fraction of sp³-hybridized carbons (Fsp3) is 0. The minimum atomic E-state index is 0. The van der Waals surface area contributed by atoms with Crippen LogP contribution in [-0.2, 0) is 0 Å². The second kappa shape index (κ2) is 16.3. The van der Waals surface area contributed by atoms with Crippen molar-refractivity contribution in [3.63, 3.8) is 0 Å². The Morgan fingerprint density at radius 1 is 1.00 bits per heavy atom. The summed E-state index contributed by atoms with van der Waals surface area (Å²) in [7, 11) is 0. The van der Waals surface area contributed by atoms with Crippen LogP contribution in [0.1, 0.15) is 0 Å². The summed E-state index contributed by atoms with van der Waals surface area (Å²) < 4.78 is 0. The summed E-state index contributed by atoms with van der Waals surface area (Å²) in [6.45, 7) is 0. The van der Waals surface area contributed by atoms with Crippen LogP contribution in [-0.4, -0.2) is 43.8 Å². The molecule has 0 saturated carbocycles. The van der Waals surface area contributed by atoms with Gasteiger partial charge in [-0.15, -0.1) is 0 Å². The molecule has 0 aromatic carbocycles. The molecule has 0 N–H and O–H groups in total. The molecule has 0 spiro atoms. The summed E-state index contributed by atoms with van der Waals surface area (Å²) >= 11 is 0. The van der Waals surface area contributed by atoms with Crippen LogP contribution in [0.5, 0.6) is 0 Å². The molecule has 17 valence electrons. The third kappa shape index (κ3) is 8.97. The van der Waals surface area contributed by atoms with Gasteiger partial charge in [0.1, 0.15) is 0 Å². The van der Waals surface area contributed by atoms with Crippen LogP contribution >= 0.6 is 9.90 Å². The van der Waals surface area contributed by atoms with Gasteiger partial charge >= 0.3 is 0 Å². The molecule has 0 heterocycles. The maximum Gasteiger partial charge on any atom is 0 e. The summed E-state index contributed by atoms with van der Waals surface area (Å²) in [5.41, 5.74) is 0. The third-order valence-corrected chi connectivity index (χ3v) is 0. The van der Waals surface area contributed by atoms with E-state index in [1.165, 1.54) is 0 Å². The van der Waals surface area contributed by atoms with Gasteiger partial charge in [0.25, 0.3) is 0 Å². The van der Waals surface area contributed by atoms with Gasteiger partial charge in [-0.2, -0.15) is 0 Å². The molecule has 0 aliphatic carbocycles. The Morgan fingerprint density at radius 3 is 1.00 bits per heavy atom. The Labute approximate surface area is 92.9 Å². The molecule has 4 heteroatoms. The van der Waals surface area contributed by atoms with Gasteiger partial charge in [0, 0.05) is 95.0 Å². The van der Waals surface area contributed by atoms with E-state index in [4.69, 9.17) is 0 Å². The van der Waals surface area contributed by atoms with E-state index in [-0.39, 0.29) is 95.0 Å². The SMILES string of the molecule is [Bi].[Ge].[P].[Pr]. The number of hydrogen-bond acceptors (Lipinski definition) is 0. The van der Waals surface area contributed by atoms with Crippen LogP contribution in [0.4, 0.5) is 0 Å². The molecule has 0 bridgehead atoms. The van der Waals surface area contributed by atoms with Gasteiger partial charge < -0.3 is 0 Å². The van der Waals surface area contributed by atoms with Crippen LogP contribution < -0.4 is 0 Å². The topological polar surface area (TPSA) is 0 Å². The van der Waals surface area contributed by atoms with E-state index in [9.17, 15) is 0 Å². The zero-order valence-corrected chi connectivity index (χ0v) is 12.1. The fourth-order valence-electron chi connectivity index (χ4n) is 0. The molecule has 0 saturated heterocycles. The zero-order valence-electron chi connectivity index (χ0n) is 1.97. The molecule has 0 aromatic rings. The largest absolute Gasteiger partial charge is 0 e. The number of rotatable bonds is 0. The Balaban J connectivity index is 0. The maximum atomic E-state index is 0. The van der Waals surface area contributed by atoms with E-state index < -0.39 is 0 Å². The van der Waals surface area contributed by atoms with E-state index in [2.05, 4.69) is 0 Å². The van der Waals surface area contributed by atoms with Crippen molar-refractivity contribution in [3.05, 3.63) is 0 Å². The maximum absolute atomic E-state index is 0. The predicted octanol–water partition coefficient (Wildman–Crippen LogP) is 0.0996. The molecule has 0 fully saturated rings. The Hall–Kier alpha value is 3.22. The minimum Gasteiger partial charge on any atom is 0 e. The van der Waals surface area contributed by atoms with E-state index in [0.717, 1.165) is 0 Å². The van der Waals surface area contributed by atoms with Crippen LogP contribution in [0.3, 0.4) is 0 Å². The summed E-state index contributed by atoms with van der Waals surface area (Å²) in [5, 5.41) is 0. The number of hydrogen-bond donors (Lipinski definition) is 0. The van der Waals surface area contributed by atoms with Gasteiger partial charge in [-0.3, -0.25) is 0 Å². The second-order valence-electron chi connectivity index (χ2n) is 0. The van der Waals surface area contributed by atoms with Crippen molar-refractivity contribution < 1.29 is 41.3 Å². The van der Waals surface area contributed by atoms with Crippen molar-refractivity contribution in [1.29, 1.82) is 0 Å². The van der Waals surface area contributed by atoms with Crippen LogP contribution in [0.25, 0.3) is 0 Å². The van der Waals surface area contributed by atoms with Gasteiger partial charge in [-0.1, -0.05) is 0 Å². The standard InChI is InChI=1S/Bi.Ge.P.Pr. The second-order valence-corrected chi connectivity index (χ2v) is 0. The molecule has 4 heavy (non-hydrogen) atoms. The molecule has 0 aromatic heterocycles. The van der Waals surface area contributed by atoms with Crippen molar-refractivity contribution in [3.8, 4) is 0 Å². The summed E-state index contributed by atoms with van der Waals surface area (Å²) in [6, 6.07) is 0. The van der Waals surface area contributed by atoms with Crippen LogP contribution in [0.2, 0.25) is 0 Å². The van der Waals surface area contributed by atoms with E-state index in [0.29, 0.717) is 0 Å². The molecule has 11 radical (unpaired) electrons. The van der Waals surface area contributed by atoms with Crippen molar-refractivity contribution in [1.82, 2.24) is 0 Å². The first-order valence-electron chi connectivity index (χ1n) is 0. The molecule has 0 atom stereocenters. The normalized spacial score (nSPS) is 0. The van der Waals surface area contributed by atoms with Gasteiger partial charge in [-0.25, -0.2) is 0 Å². The predicted molar refractivity (Wildman–Crippen MR) is 18.4 cm³/mol. The summed E-state index contributed by atoms with van der Waals surface area (Å²) in [5.74, 6) is 0. The average molecular weight is 453 g/mol. The van der Waals surface area contributed by atoms with Crippen molar-refractivity contribution >= 4 is 53.7 Å². The third-order valence-electron chi connectivity index (χ3n) is 0. The quantitative estimate of drug-likeness (QED) is 0.361. The van der Waals surface area contributed by atoms with Gasteiger partial charge in [0.15, 0.2) is 0 Å². The van der Waals surface area contributed by atoms with Crippen molar-refractivity contribution in [2.45, 2.75) is 0 Å². The van der Waals surface area contributed by atoms with Crippen LogP contribution in [0, 0.1) is 41.3 Å². The monoisotopic (exact) mass is 455 g/mol. The smallest absolute Gasteiger partial charge is 0 e. The molecular weight excluding hydrogens is 453 g/mol. The van der Waals surface area contributed by atoms with Gasteiger partial charge in [0.05, 0.1) is 0 Å². The molecular formula is BiGePPr. The van der Waals surface area contributed by atoms with Crippen LogP contribution in [0.15, 0.2) is 0 Å². The van der Waals surface area contributed by atoms with Gasteiger partial charge in [-0.05, 0) is 0 Å². The Bertz CT molecular complexity index is 8.00. The van der Waals surface area contributed by atoms with Gasteiger partial charge in [0.2, 0.25) is 0 Å². The Morgan fingerprint density at radius 2 is 1.00 bits per heavy atom.